The zero-order chi connectivity index (χ0) is 22.7. The predicted molar refractivity (Wildman–Crippen MR) is 123 cm³/mol. The van der Waals surface area contributed by atoms with Gasteiger partial charge in [0.1, 0.15) is 0 Å². The second kappa shape index (κ2) is 8.96. The first-order chi connectivity index (χ1) is 15.3. The van der Waals surface area contributed by atoms with Crippen LogP contribution in [0, 0.1) is 13.8 Å². The summed E-state index contributed by atoms with van der Waals surface area (Å²) in [6.07, 6.45) is 3.39. The standard InChI is InChI=1S/C23H25N5O3S/c1-17-5-3-6-19(15-17)26-32(30,31)20-8-7-18(2)21(16-20)22(29)27-11-13-28(14-12-27)23-24-9-4-10-25-23/h3-10,15-16,26H,11-14H2,1-2H3. The van der Waals surface area contributed by atoms with Crippen LogP contribution in [0.15, 0.2) is 65.8 Å². The van der Waals surface area contributed by atoms with Gasteiger partial charge >= 0.3 is 0 Å². The molecule has 0 saturated carbocycles. The zero-order valence-electron chi connectivity index (χ0n) is 18.0. The fraction of sp³-hybridized carbons (Fsp3) is 0.261. The Morgan fingerprint density at radius 2 is 1.66 bits per heavy atom. The number of anilines is 2. The summed E-state index contributed by atoms with van der Waals surface area (Å²) in [5, 5.41) is 0. The van der Waals surface area contributed by atoms with Crippen LogP contribution >= 0.6 is 0 Å². The van der Waals surface area contributed by atoms with Crippen molar-refractivity contribution in [2.75, 3.05) is 35.8 Å². The molecular weight excluding hydrogens is 426 g/mol. The average Bonchev–Trinajstić information content (AvgIpc) is 2.79. The number of benzene rings is 2. The lowest BCUT2D eigenvalue weighted by Crippen LogP contribution is -2.49. The van der Waals surface area contributed by atoms with Gasteiger partial charge in [0.15, 0.2) is 0 Å². The number of amides is 1. The van der Waals surface area contributed by atoms with Crippen LogP contribution in [0.3, 0.4) is 0 Å². The number of aryl methyl sites for hydroxylation is 2. The third-order valence-corrected chi connectivity index (χ3v) is 6.80. The zero-order valence-corrected chi connectivity index (χ0v) is 18.8. The topological polar surface area (TPSA) is 95.5 Å². The summed E-state index contributed by atoms with van der Waals surface area (Å²) in [6, 6.07) is 13.6. The minimum Gasteiger partial charge on any atom is -0.337 e. The van der Waals surface area contributed by atoms with E-state index in [2.05, 4.69) is 14.7 Å². The monoisotopic (exact) mass is 451 g/mol. The van der Waals surface area contributed by atoms with Crippen LogP contribution in [0.5, 0.6) is 0 Å². The number of hydrogen-bond donors (Lipinski definition) is 1. The number of carbonyl (C=O) groups excluding carboxylic acids is 1. The molecule has 1 N–H and O–H groups in total. The summed E-state index contributed by atoms with van der Waals surface area (Å²) in [6.45, 7) is 5.95. The predicted octanol–water partition coefficient (Wildman–Crippen LogP) is 2.86. The Morgan fingerprint density at radius 3 is 2.34 bits per heavy atom. The number of carbonyl (C=O) groups is 1. The van der Waals surface area contributed by atoms with Gasteiger partial charge in [-0.05, 0) is 55.3 Å². The van der Waals surface area contributed by atoms with Crippen molar-refractivity contribution in [3.8, 4) is 0 Å². The summed E-state index contributed by atoms with van der Waals surface area (Å²) in [5.74, 6) is 0.467. The Kier molecular flexibility index (Phi) is 6.09. The van der Waals surface area contributed by atoms with Gasteiger partial charge in [-0.15, -0.1) is 0 Å². The molecule has 8 nitrogen and oxygen atoms in total. The minimum absolute atomic E-state index is 0.0595. The van der Waals surface area contributed by atoms with Gasteiger partial charge in [-0.25, -0.2) is 18.4 Å². The Morgan fingerprint density at radius 1 is 0.938 bits per heavy atom. The van der Waals surface area contributed by atoms with Crippen LogP contribution in [0.4, 0.5) is 11.6 Å². The van der Waals surface area contributed by atoms with Crippen molar-refractivity contribution in [1.82, 2.24) is 14.9 Å². The van der Waals surface area contributed by atoms with Crippen LogP contribution in [-0.2, 0) is 10.0 Å². The molecular formula is C23H25N5O3S. The fourth-order valence-corrected chi connectivity index (χ4v) is 4.73. The normalized spacial score (nSPS) is 14.3. The second-order valence-corrected chi connectivity index (χ2v) is 9.46. The Balaban J connectivity index is 1.50. The van der Waals surface area contributed by atoms with Gasteiger partial charge in [-0.3, -0.25) is 9.52 Å². The molecule has 0 unspecified atom stereocenters. The van der Waals surface area contributed by atoms with E-state index in [1.54, 1.807) is 47.6 Å². The van der Waals surface area contributed by atoms with Crippen molar-refractivity contribution in [3.63, 3.8) is 0 Å². The van der Waals surface area contributed by atoms with Gasteiger partial charge in [0, 0.05) is 49.8 Å². The van der Waals surface area contributed by atoms with Crippen LogP contribution in [0.2, 0.25) is 0 Å². The molecule has 1 aromatic heterocycles. The van der Waals surface area contributed by atoms with Gasteiger partial charge in [0.2, 0.25) is 5.95 Å². The van der Waals surface area contributed by atoms with Crippen molar-refractivity contribution in [1.29, 1.82) is 0 Å². The van der Waals surface area contributed by atoms with E-state index in [1.807, 2.05) is 24.8 Å². The molecule has 32 heavy (non-hydrogen) atoms. The third kappa shape index (κ3) is 4.72. The van der Waals surface area contributed by atoms with E-state index in [9.17, 15) is 13.2 Å². The number of aromatic nitrogens is 2. The molecule has 0 atom stereocenters. The van der Waals surface area contributed by atoms with Crippen molar-refractivity contribution in [2.24, 2.45) is 0 Å². The molecule has 1 saturated heterocycles. The number of nitrogens with one attached hydrogen (secondary N) is 1. The van der Waals surface area contributed by atoms with Crippen molar-refractivity contribution >= 4 is 27.6 Å². The second-order valence-electron chi connectivity index (χ2n) is 7.78. The highest BCUT2D eigenvalue weighted by atomic mass is 32.2. The van der Waals surface area contributed by atoms with Crippen LogP contribution in [-0.4, -0.2) is 55.4 Å². The summed E-state index contributed by atoms with van der Waals surface area (Å²) >= 11 is 0. The van der Waals surface area contributed by atoms with Gasteiger partial charge in [0.25, 0.3) is 15.9 Å². The number of piperazine rings is 1. The molecule has 1 aliphatic heterocycles. The van der Waals surface area contributed by atoms with E-state index in [0.29, 0.717) is 43.4 Å². The lowest BCUT2D eigenvalue weighted by atomic mass is 10.1. The highest BCUT2D eigenvalue weighted by molar-refractivity contribution is 7.92. The first-order valence-corrected chi connectivity index (χ1v) is 11.8. The quantitative estimate of drug-likeness (QED) is 0.641. The van der Waals surface area contributed by atoms with Crippen LogP contribution in [0.25, 0.3) is 0 Å². The van der Waals surface area contributed by atoms with E-state index in [4.69, 9.17) is 0 Å². The van der Waals surface area contributed by atoms with E-state index >= 15 is 0 Å². The molecule has 0 radical (unpaired) electrons. The van der Waals surface area contributed by atoms with E-state index in [1.165, 1.54) is 12.1 Å². The molecule has 4 rings (SSSR count). The molecule has 9 heteroatoms. The minimum atomic E-state index is -3.82. The Bertz CT molecular complexity index is 1220. The molecule has 2 heterocycles. The van der Waals surface area contributed by atoms with Crippen LogP contribution < -0.4 is 9.62 Å². The van der Waals surface area contributed by atoms with E-state index in [0.717, 1.165) is 11.1 Å². The van der Waals surface area contributed by atoms with Crippen molar-refractivity contribution in [2.45, 2.75) is 18.7 Å². The SMILES string of the molecule is Cc1cccc(NS(=O)(=O)c2ccc(C)c(C(=O)N3CCN(c4ncccn4)CC3)c2)c1. The lowest BCUT2D eigenvalue weighted by Gasteiger charge is -2.35. The van der Waals surface area contributed by atoms with Gasteiger partial charge in [-0.1, -0.05) is 18.2 Å². The number of sulfonamides is 1. The molecule has 0 aliphatic carbocycles. The summed E-state index contributed by atoms with van der Waals surface area (Å²) < 4.78 is 28.4. The first kappa shape index (κ1) is 21.8. The Hall–Kier alpha value is -3.46. The Labute approximate surface area is 188 Å². The number of rotatable bonds is 5. The highest BCUT2D eigenvalue weighted by Gasteiger charge is 2.26. The lowest BCUT2D eigenvalue weighted by molar-refractivity contribution is 0.0745. The summed E-state index contributed by atoms with van der Waals surface area (Å²) in [4.78, 5) is 25.6. The first-order valence-electron chi connectivity index (χ1n) is 10.3. The molecule has 1 fully saturated rings. The largest absolute Gasteiger partial charge is 0.337 e. The number of nitrogens with zero attached hydrogens (tertiary/aromatic N) is 4. The van der Waals surface area contributed by atoms with Crippen LogP contribution in [0.1, 0.15) is 21.5 Å². The maximum absolute atomic E-state index is 13.2. The van der Waals surface area contributed by atoms with Crippen molar-refractivity contribution < 1.29 is 13.2 Å². The molecule has 3 aromatic rings. The smallest absolute Gasteiger partial charge is 0.261 e. The average molecular weight is 452 g/mol. The molecule has 166 valence electrons. The van der Waals surface area contributed by atoms with Crippen molar-refractivity contribution in [3.05, 3.63) is 77.6 Å². The molecule has 1 aliphatic rings. The van der Waals surface area contributed by atoms with Gasteiger partial charge < -0.3 is 9.80 Å². The van der Waals surface area contributed by atoms with E-state index < -0.39 is 10.0 Å². The number of hydrogen-bond acceptors (Lipinski definition) is 6. The fourth-order valence-electron chi connectivity index (χ4n) is 3.66. The highest BCUT2D eigenvalue weighted by Crippen LogP contribution is 2.22. The maximum atomic E-state index is 13.2. The summed E-state index contributed by atoms with van der Waals surface area (Å²) in [5.41, 5.74) is 2.56. The summed E-state index contributed by atoms with van der Waals surface area (Å²) in [7, 11) is -3.82. The third-order valence-electron chi connectivity index (χ3n) is 5.42. The molecule has 0 spiro atoms. The van der Waals surface area contributed by atoms with Gasteiger partial charge in [-0.2, -0.15) is 0 Å². The molecule has 1 amide bonds. The van der Waals surface area contributed by atoms with Gasteiger partial charge in [0.05, 0.1) is 4.90 Å². The molecule has 0 bridgehead atoms. The maximum Gasteiger partial charge on any atom is 0.261 e. The molecule has 2 aromatic carbocycles. The van der Waals surface area contributed by atoms with E-state index in [-0.39, 0.29) is 10.8 Å².